The van der Waals surface area contributed by atoms with Crippen molar-refractivity contribution in [3.05, 3.63) is 65.5 Å². The number of nitrogens with zero attached hydrogens (tertiary/aromatic N) is 2. The van der Waals surface area contributed by atoms with Crippen LogP contribution in [-0.2, 0) is 13.0 Å². The molecule has 0 atom stereocenters. The number of rotatable bonds is 16. The van der Waals surface area contributed by atoms with Crippen LogP contribution in [0.5, 0.6) is 0 Å². The molecule has 4 nitrogen and oxygen atoms in total. The molecule has 0 saturated carbocycles. The highest BCUT2D eigenvalue weighted by atomic mass is 16.1. The van der Waals surface area contributed by atoms with Gasteiger partial charge in [0.15, 0.2) is 0 Å². The number of carbonyl (C=O) groups is 1. The molecule has 1 N–H and O–H groups in total. The van der Waals surface area contributed by atoms with Gasteiger partial charge < -0.3 is 9.88 Å². The zero-order valence-corrected chi connectivity index (χ0v) is 21.3. The van der Waals surface area contributed by atoms with Crippen molar-refractivity contribution in [2.75, 3.05) is 6.54 Å². The first-order chi connectivity index (χ1) is 16.7. The van der Waals surface area contributed by atoms with E-state index in [9.17, 15) is 4.79 Å². The van der Waals surface area contributed by atoms with Crippen LogP contribution in [-0.4, -0.2) is 22.0 Å². The number of benzene rings is 2. The third kappa shape index (κ3) is 8.30. The van der Waals surface area contributed by atoms with Crippen molar-refractivity contribution >= 4 is 16.9 Å². The lowest BCUT2D eigenvalue weighted by atomic mass is 10.1. The van der Waals surface area contributed by atoms with E-state index in [0.717, 1.165) is 49.9 Å². The molecule has 0 spiro atoms. The molecule has 0 saturated heterocycles. The van der Waals surface area contributed by atoms with E-state index < -0.39 is 0 Å². The third-order valence-corrected chi connectivity index (χ3v) is 6.65. The minimum Gasteiger partial charge on any atom is -0.352 e. The second kappa shape index (κ2) is 14.6. The molecule has 0 aliphatic heterocycles. The number of carbonyl (C=O) groups excluding carboxylic acids is 1. The SMILES string of the molecule is CCCCCCCCCCn1c(CCCCCNC(=O)c2ccc(C)cc2)nc2ccccc21. The molecule has 2 aromatic carbocycles. The topological polar surface area (TPSA) is 46.9 Å². The fourth-order valence-electron chi connectivity index (χ4n) is 4.56. The van der Waals surface area contributed by atoms with Crippen molar-refractivity contribution in [3.8, 4) is 0 Å². The summed E-state index contributed by atoms with van der Waals surface area (Å²) in [5, 5.41) is 3.05. The molecule has 3 aromatic rings. The van der Waals surface area contributed by atoms with Crippen LogP contribution < -0.4 is 5.32 Å². The number of aromatic nitrogens is 2. The molecule has 0 aliphatic carbocycles. The van der Waals surface area contributed by atoms with Crippen LogP contribution >= 0.6 is 0 Å². The Bertz CT molecular complexity index is 990. The maximum atomic E-state index is 12.2. The van der Waals surface area contributed by atoms with Crippen molar-refractivity contribution in [2.45, 2.75) is 97.4 Å². The highest BCUT2D eigenvalue weighted by Gasteiger charge is 2.10. The Labute approximate surface area is 206 Å². The Hall–Kier alpha value is -2.62. The summed E-state index contributed by atoms with van der Waals surface area (Å²) < 4.78 is 2.45. The zero-order valence-electron chi connectivity index (χ0n) is 21.3. The fourth-order valence-corrected chi connectivity index (χ4v) is 4.56. The van der Waals surface area contributed by atoms with Gasteiger partial charge in [-0.15, -0.1) is 0 Å². The van der Waals surface area contributed by atoms with Crippen LogP contribution in [0.1, 0.15) is 99.3 Å². The average Bonchev–Trinajstić information content (AvgIpc) is 3.20. The summed E-state index contributed by atoms with van der Waals surface area (Å²) in [5.41, 5.74) is 4.29. The van der Waals surface area contributed by atoms with Crippen LogP contribution in [0, 0.1) is 6.92 Å². The van der Waals surface area contributed by atoms with Gasteiger partial charge >= 0.3 is 0 Å². The van der Waals surface area contributed by atoms with Gasteiger partial charge in [-0.1, -0.05) is 88.1 Å². The quantitative estimate of drug-likeness (QED) is 0.223. The molecule has 34 heavy (non-hydrogen) atoms. The van der Waals surface area contributed by atoms with E-state index in [4.69, 9.17) is 4.98 Å². The Morgan fingerprint density at radius 1 is 0.824 bits per heavy atom. The van der Waals surface area contributed by atoms with Gasteiger partial charge in [0, 0.05) is 25.1 Å². The number of amides is 1. The van der Waals surface area contributed by atoms with Gasteiger partial charge in [-0.05, 0) is 50.5 Å². The lowest BCUT2D eigenvalue weighted by Crippen LogP contribution is -2.24. The maximum Gasteiger partial charge on any atom is 0.251 e. The fraction of sp³-hybridized carbons (Fsp3) is 0.533. The number of para-hydroxylation sites is 2. The minimum atomic E-state index is 0.0205. The molecule has 3 rings (SSSR count). The summed E-state index contributed by atoms with van der Waals surface area (Å²) in [6, 6.07) is 16.3. The standard InChI is InChI=1S/C30H43N3O/c1-3-4-5-6-7-8-9-15-24-33-28-17-13-12-16-27(28)32-29(33)18-11-10-14-23-31-30(34)26-21-19-25(2)20-22-26/h12-13,16-17,19-22H,3-11,14-15,18,23-24H2,1-2H3,(H,31,34). The van der Waals surface area contributed by atoms with E-state index in [0.29, 0.717) is 0 Å². The molecular formula is C30H43N3O. The Balaban J connectivity index is 1.39. The Morgan fingerprint density at radius 3 is 2.26 bits per heavy atom. The van der Waals surface area contributed by atoms with E-state index in [2.05, 4.69) is 41.1 Å². The van der Waals surface area contributed by atoms with Crippen LogP contribution in [0.4, 0.5) is 0 Å². The average molecular weight is 462 g/mol. The Morgan fingerprint density at radius 2 is 1.50 bits per heavy atom. The van der Waals surface area contributed by atoms with Gasteiger partial charge in [-0.25, -0.2) is 4.98 Å². The molecule has 4 heteroatoms. The minimum absolute atomic E-state index is 0.0205. The van der Waals surface area contributed by atoms with Crippen LogP contribution in [0.2, 0.25) is 0 Å². The van der Waals surface area contributed by atoms with E-state index in [-0.39, 0.29) is 5.91 Å². The number of unbranched alkanes of at least 4 members (excludes halogenated alkanes) is 9. The van der Waals surface area contributed by atoms with Gasteiger partial charge in [0.2, 0.25) is 0 Å². The molecule has 1 heterocycles. The van der Waals surface area contributed by atoms with Crippen molar-refractivity contribution in [2.24, 2.45) is 0 Å². The third-order valence-electron chi connectivity index (χ3n) is 6.65. The van der Waals surface area contributed by atoms with E-state index in [1.807, 2.05) is 31.2 Å². The molecule has 0 bridgehead atoms. The summed E-state index contributed by atoms with van der Waals surface area (Å²) in [4.78, 5) is 17.2. The van der Waals surface area contributed by atoms with Crippen LogP contribution in [0.3, 0.4) is 0 Å². The smallest absolute Gasteiger partial charge is 0.251 e. The molecule has 0 fully saturated rings. The number of aryl methyl sites for hydroxylation is 3. The normalized spacial score (nSPS) is 11.2. The number of fused-ring (bicyclic) bond motifs is 1. The van der Waals surface area contributed by atoms with Crippen molar-refractivity contribution in [1.29, 1.82) is 0 Å². The van der Waals surface area contributed by atoms with Gasteiger partial charge in [0.1, 0.15) is 5.82 Å². The summed E-state index contributed by atoms with van der Waals surface area (Å²) >= 11 is 0. The molecule has 0 aliphatic rings. The second-order valence-corrected chi connectivity index (χ2v) is 9.58. The van der Waals surface area contributed by atoms with Crippen LogP contribution in [0.15, 0.2) is 48.5 Å². The number of imidazole rings is 1. The molecule has 0 radical (unpaired) electrons. The van der Waals surface area contributed by atoms with Gasteiger partial charge in [-0.3, -0.25) is 4.79 Å². The molecule has 1 amide bonds. The van der Waals surface area contributed by atoms with Crippen molar-refractivity contribution in [1.82, 2.24) is 14.9 Å². The highest BCUT2D eigenvalue weighted by molar-refractivity contribution is 5.94. The van der Waals surface area contributed by atoms with Crippen molar-refractivity contribution in [3.63, 3.8) is 0 Å². The van der Waals surface area contributed by atoms with E-state index >= 15 is 0 Å². The summed E-state index contributed by atoms with van der Waals surface area (Å²) in [6.45, 7) is 6.10. The van der Waals surface area contributed by atoms with E-state index in [1.165, 1.54) is 68.3 Å². The number of nitrogens with one attached hydrogen (secondary N) is 1. The Kier molecular flexibility index (Phi) is 11.2. The van der Waals surface area contributed by atoms with Crippen molar-refractivity contribution < 1.29 is 4.79 Å². The van der Waals surface area contributed by atoms with Gasteiger partial charge in [0.25, 0.3) is 5.91 Å². The molecular weight excluding hydrogens is 418 g/mol. The lowest BCUT2D eigenvalue weighted by molar-refractivity contribution is 0.0953. The molecule has 184 valence electrons. The summed E-state index contributed by atoms with van der Waals surface area (Å²) in [7, 11) is 0. The van der Waals surface area contributed by atoms with Gasteiger partial charge in [-0.2, -0.15) is 0 Å². The highest BCUT2D eigenvalue weighted by Crippen LogP contribution is 2.19. The summed E-state index contributed by atoms with van der Waals surface area (Å²) in [6.07, 6.45) is 14.9. The first-order valence-electron chi connectivity index (χ1n) is 13.5. The van der Waals surface area contributed by atoms with Crippen LogP contribution in [0.25, 0.3) is 11.0 Å². The lowest BCUT2D eigenvalue weighted by Gasteiger charge is -2.10. The first kappa shape index (κ1) is 26.0. The van der Waals surface area contributed by atoms with Gasteiger partial charge in [0.05, 0.1) is 11.0 Å². The first-order valence-corrected chi connectivity index (χ1v) is 13.5. The maximum absolute atomic E-state index is 12.2. The predicted octanol–water partition coefficient (Wildman–Crippen LogP) is 7.63. The number of hydrogen-bond donors (Lipinski definition) is 1. The van der Waals surface area contributed by atoms with E-state index in [1.54, 1.807) is 0 Å². The largest absolute Gasteiger partial charge is 0.352 e. The molecule has 0 unspecified atom stereocenters. The number of hydrogen-bond acceptors (Lipinski definition) is 2. The monoisotopic (exact) mass is 461 g/mol. The zero-order chi connectivity index (χ0) is 24.0. The predicted molar refractivity (Wildman–Crippen MR) is 143 cm³/mol. The second-order valence-electron chi connectivity index (χ2n) is 9.58. The summed E-state index contributed by atoms with van der Waals surface area (Å²) in [5.74, 6) is 1.24. The molecule has 1 aromatic heterocycles.